The fourth-order valence-electron chi connectivity index (χ4n) is 3.86. The number of hydrogen-bond donors (Lipinski definition) is 1. The highest BCUT2D eigenvalue weighted by atomic mass is 16.2. The molecule has 2 N–H and O–H groups in total. The summed E-state index contributed by atoms with van der Waals surface area (Å²) in [7, 11) is 3.95. The van der Waals surface area contributed by atoms with E-state index in [2.05, 4.69) is 15.0 Å². The molecule has 32 heavy (non-hydrogen) atoms. The van der Waals surface area contributed by atoms with Gasteiger partial charge in [0.25, 0.3) is 0 Å². The number of carbonyl (C=O) groups excluding carboxylic acids is 1. The van der Waals surface area contributed by atoms with Crippen LogP contribution in [-0.2, 0) is 4.79 Å². The summed E-state index contributed by atoms with van der Waals surface area (Å²) in [5.41, 5.74) is 8.39. The van der Waals surface area contributed by atoms with E-state index in [-0.39, 0.29) is 11.9 Å². The molecule has 4 rings (SSSR count). The molecule has 1 aliphatic heterocycles. The number of aromatic nitrogens is 5. The molecule has 9 nitrogen and oxygen atoms in total. The van der Waals surface area contributed by atoms with Crippen LogP contribution in [0, 0.1) is 0 Å². The monoisotopic (exact) mass is 432 g/mol. The molecule has 1 atom stereocenters. The van der Waals surface area contributed by atoms with Crippen LogP contribution in [0.4, 0.5) is 5.82 Å². The van der Waals surface area contributed by atoms with Crippen molar-refractivity contribution in [2.75, 3.05) is 39.5 Å². The van der Waals surface area contributed by atoms with Crippen molar-refractivity contribution in [2.24, 2.45) is 0 Å². The van der Waals surface area contributed by atoms with Gasteiger partial charge in [0, 0.05) is 31.9 Å². The third kappa shape index (κ3) is 4.83. The van der Waals surface area contributed by atoms with Gasteiger partial charge in [-0.05, 0) is 51.2 Å². The summed E-state index contributed by atoms with van der Waals surface area (Å²) >= 11 is 0. The molecule has 166 valence electrons. The van der Waals surface area contributed by atoms with E-state index in [1.165, 1.54) is 6.33 Å². The van der Waals surface area contributed by atoms with Crippen molar-refractivity contribution in [1.82, 2.24) is 34.5 Å². The molecule has 1 fully saturated rings. The van der Waals surface area contributed by atoms with E-state index in [1.807, 2.05) is 65.0 Å². The average Bonchev–Trinajstić information content (AvgIpc) is 3.18. The summed E-state index contributed by atoms with van der Waals surface area (Å²) < 4.78 is 1.90. The van der Waals surface area contributed by atoms with Gasteiger partial charge < -0.3 is 15.5 Å². The van der Waals surface area contributed by atoms with Crippen LogP contribution in [0.25, 0.3) is 23.2 Å². The summed E-state index contributed by atoms with van der Waals surface area (Å²) in [6.07, 6.45) is 12.3. The number of piperidine rings is 1. The van der Waals surface area contributed by atoms with E-state index in [0.717, 1.165) is 31.6 Å². The fraction of sp³-hybridized carbons (Fsp3) is 0.348. The zero-order chi connectivity index (χ0) is 22.5. The number of likely N-dealkylation sites (N-methyl/N-ethyl adjacent to an activating group) is 1. The summed E-state index contributed by atoms with van der Waals surface area (Å²) in [6.45, 7) is 2.05. The van der Waals surface area contributed by atoms with Crippen LogP contribution < -0.4 is 5.73 Å². The lowest BCUT2D eigenvalue weighted by Gasteiger charge is -2.32. The Morgan fingerprint density at radius 3 is 2.91 bits per heavy atom. The predicted octanol–water partition coefficient (Wildman–Crippen LogP) is 2.26. The Bertz CT molecular complexity index is 1140. The molecule has 0 bridgehead atoms. The van der Waals surface area contributed by atoms with Crippen LogP contribution in [0.3, 0.4) is 0 Å². The molecule has 0 aromatic carbocycles. The first-order chi connectivity index (χ1) is 15.5. The van der Waals surface area contributed by atoms with Gasteiger partial charge >= 0.3 is 0 Å². The minimum atomic E-state index is 0.0174. The van der Waals surface area contributed by atoms with Crippen molar-refractivity contribution in [2.45, 2.75) is 18.9 Å². The maximum absolute atomic E-state index is 12.7. The molecule has 1 unspecified atom stereocenters. The van der Waals surface area contributed by atoms with E-state index in [1.54, 1.807) is 12.3 Å². The highest BCUT2D eigenvalue weighted by Crippen LogP contribution is 2.29. The Kier molecular flexibility index (Phi) is 6.55. The molecule has 3 aromatic heterocycles. The van der Waals surface area contributed by atoms with Gasteiger partial charge in [0.15, 0.2) is 5.65 Å². The number of nitrogen functional groups attached to an aromatic ring is 1. The molecule has 1 amide bonds. The molecule has 0 saturated carbocycles. The SMILES string of the molecule is CN(C)C/C=C/C(=O)N1CCCC(n2nc(/C=C/c3ccccn3)c3c(N)ncnc32)C1. The van der Waals surface area contributed by atoms with Crippen LogP contribution in [0.2, 0.25) is 0 Å². The van der Waals surface area contributed by atoms with Crippen molar-refractivity contribution < 1.29 is 4.79 Å². The summed E-state index contributed by atoms with van der Waals surface area (Å²) in [5, 5.41) is 5.54. The molecular formula is C23H28N8O. The number of anilines is 1. The van der Waals surface area contributed by atoms with Gasteiger partial charge in [0.1, 0.15) is 12.1 Å². The largest absolute Gasteiger partial charge is 0.383 e. The first kappa shape index (κ1) is 21.6. The first-order valence-corrected chi connectivity index (χ1v) is 10.7. The van der Waals surface area contributed by atoms with E-state index >= 15 is 0 Å². The van der Waals surface area contributed by atoms with Gasteiger partial charge in [0.05, 0.1) is 22.8 Å². The zero-order valence-corrected chi connectivity index (χ0v) is 18.4. The number of pyridine rings is 1. The number of fused-ring (bicyclic) bond motifs is 1. The fourth-order valence-corrected chi connectivity index (χ4v) is 3.86. The van der Waals surface area contributed by atoms with Gasteiger partial charge in [0.2, 0.25) is 5.91 Å². The lowest BCUT2D eigenvalue weighted by Crippen LogP contribution is -2.40. The van der Waals surface area contributed by atoms with Crippen molar-refractivity contribution in [3.63, 3.8) is 0 Å². The number of likely N-dealkylation sites (tertiary alicyclic amines) is 1. The molecule has 4 heterocycles. The number of carbonyl (C=O) groups is 1. The van der Waals surface area contributed by atoms with Crippen molar-refractivity contribution >= 4 is 34.9 Å². The lowest BCUT2D eigenvalue weighted by molar-refractivity contribution is -0.127. The average molecular weight is 433 g/mol. The predicted molar refractivity (Wildman–Crippen MR) is 125 cm³/mol. The molecule has 9 heteroatoms. The van der Waals surface area contributed by atoms with Gasteiger partial charge in [-0.15, -0.1) is 0 Å². The summed E-state index contributed by atoms with van der Waals surface area (Å²) in [4.78, 5) is 29.5. The number of hydrogen-bond acceptors (Lipinski definition) is 7. The standard InChI is InChI=1S/C23H28N8O/c1-29(2)13-6-9-20(32)30-14-5-8-18(15-30)31-23-21(22(24)26-16-27-23)19(28-31)11-10-17-7-3-4-12-25-17/h3-4,6-7,9-12,16,18H,5,8,13-15H2,1-2H3,(H2,24,26,27)/b9-6+,11-10+. The summed E-state index contributed by atoms with van der Waals surface area (Å²) in [6, 6.07) is 5.74. The minimum absolute atomic E-state index is 0.0174. The second-order valence-corrected chi connectivity index (χ2v) is 8.12. The van der Waals surface area contributed by atoms with Crippen LogP contribution in [0.5, 0.6) is 0 Å². The maximum Gasteiger partial charge on any atom is 0.246 e. The first-order valence-electron chi connectivity index (χ1n) is 10.7. The minimum Gasteiger partial charge on any atom is -0.383 e. The van der Waals surface area contributed by atoms with E-state index in [4.69, 9.17) is 10.8 Å². The van der Waals surface area contributed by atoms with Crippen molar-refractivity contribution in [3.05, 3.63) is 54.3 Å². The smallest absolute Gasteiger partial charge is 0.246 e. The Morgan fingerprint density at radius 2 is 2.12 bits per heavy atom. The highest BCUT2D eigenvalue weighted by molar-refractivity contribution is 5.94. The van der Waals surface area contributed by atoms with Gasteiger partial charge in [-0.25, -0.2) is 14.6 Å². The molecular weight excluding hydrogens is 404 g/mol. The molecule has 3 aromatic rings. The normalized spacial score (nSPS) is 17.2. The number of rotatable bonds is 6. The van der Waals surface area contributed by atoms with E-state index in [9.17, 15) is 4.79 Å². The van der Waals surface area contributed by atoms with Crippen LogP contribution in [0.15, 0.2) is 42.9 Å². The second kappa shape index (κ2) is 9.69. The number of nitrogens with two attached hydrogens (primary N) is 1. The Balaban J connectivity index is 1.61. The van der Waals surface area contributed by atoms with Crippen LogP contribution in [-0.4, -0.2) is 74.2 Å². The Morgan fingerprint density at radius 1 is 1.25 bits per heavy atom. The Labute approximate surface area is 187 Å². The van der Waals surface area contributed by atoms with Crippen LogP contribution >= 0.6 is 0 Å². The third-order valence-electron chi connectivity index (χ3n) is 5.43. The lowest BCUT2D eigenvalue weighted by atomic mass is 10.1. The van der Waals surface area contributed by atoms with E-state index < -0.39 is 0 Å². The van der Waals surface area contributed by atoms with E-state index in [0.29, 0.717) is 29.1 Å². The second-order valence-electron chi connectivity index (χ2n) is 8.12. The van der Waals surface area contributed by atoms with Gasteiger partial charge in [-0.3, -0.25) is 9.78 Å². The molecule has 1 saturated heterocycles. The quantitative estimate of drug-likeness (QED) is 0.596. The Hall–Kier alpha value is -3.59. The van der Waals surface area contributed by atoms with Gasteiger partial charge in [-0.2, -0.15) is 5.10 Å². The molecule has 0 spiro atoms. The van der Waals surface area contributed by atoms with Crippen molar-refractivity contribution in [3.8, 4) is 0 Å². The van der Waals surface area contributed by atoms with Crippen LogP contribution in [0.1, 0.15) is 30.3 Å². The van der Waals surface area contributed by atoms with Gasteiger partial charge in [-0.1, -0.05) is 12.1 Å². The van der Waals surface area contributed by atoms with Crippen molar-refractivity contribution in [1.29, 1.82) is 0 Å². The highest BCUT2D eigenvalue weighted by Gasteiger charge is 2.27. The molecule has 0 radical (unpaired) electrons. The zero-order valence-electron chi connectivity index (χ0n) is 18.4. The topological polar surface area (TPSA) is 106 Å². The molecule has 0 aliphatic carbocycles. The summed E-state index contributed by atoms with van der Waals surface area (Å²) in [5.74, 6) is 0.412. The molecule has 1 aliphatic rings. The number of amides is 1. The number of nitrogens with zero attached hydrogens (tertiary/aromatic N) is 7. The maximum atomic E-state index is 12.7. The third-order valence-corrected chi connectivity index (χ3v) is 5.43.